The van der Waals surface area contributed by atoms with Gasteiger partial charge < -0.3 is 61.4 Å². The first-order valence-corrected chi connectivity index (χ1v) is 28.6. The first-order chi connectivity index (χ1) is 44.4. The van der Waals surface area contributed by atoms with Gasteiger partial charge in [0.25, 0.3) is 33.4 Å². The lowest BCUT2D eigenvalue weighted by Crippen LogP contribution is -2.26. The molecule has 0 saturated heterocycles. The van der Waals surface area contributed by atoms with Crippen molar-refractivity contribution in [2.24, 2.45) is 0 Å². The van der Waals surface area contributed by atoms with E-state index in [1.807, 2.05) is 75.4 Å². The molecule has 7 aromatic heterocycles. The van der Waals surface area contributed by atoms with E-state index in [9.17, 15) is 28.8 Å². The van der Waals surface area contributed by atoms with E-state index < -0.39 is 33.4 Å². The summed E-state index contributed by atoms with van der Waals surface area (Å²) in [5, 5.41) is 3.50. The van der Waals surface area contributed by atoms with Gasteiger partial charge in [-0.2, -0.15) is 0 Å². The summed E-state index contributed by atoms with van der Waals surface area (Å²) in [6.07, 6.45) is 3.25. The van der Waals surface area contributed by atoms with Crippen LogP contribution in [-0.4, -0.2) is 109 Å². The van der Waals surface area contributed by atoms with Crippen molar-refractivity contribution in [2.45, 2.75) is 41.5 Å². The van der Waals surface area contributed by atoms with Gasteiger partial charge in [0.15, 0.2) is 23.0 Å². The number of halogens is 2. The van der Waals surface area contributed by atoms with Crippen LogP contribution in [0, 0.1) is 41.5 Å². The molecule has 29 heteroatoms. The van der Waals surface area contributed by atoms with Crippen molar-refractivity contribution in [1.29, 1.82) is 0 Å². The molecule has 0 spiro atoms. The van der Waals surface area contributed by atoms with Gasteiger partial charge in [-0.05, 0) is 136 Å². The second-order valence-corrected chi connectivity index (χ2v) is 21.1. The summed E-state index contributed by atoms with van der Waals surface area (Å²) in [6, 6.07) is 34.0. The number of imidazole rings is 6. The number of anilines is 5. The standard InChI is InChI=1S/C21H20N6O3.C10H2Cl2N4O4.C9H10N2O.C9H12.C8H9N3O.C7H10N2O/c1-11-4-6-14(12(2)8-11)24-19(28)17-18(23-10-22-17)20(29)27-21-25-15-7-5-13(30-3)9-16(15)26-21;11-7(17)3-5-10(20)16-2-14-4(8(12)18)6(16)9(19)15(5)1-13-3;1-6-10-8-4-3-7(12-2)5-9(8)11-6;1-7-4-5-8(2)9(3)6-7;1-12-5-2-3-6-7(4-5)11-8(9)10-6;1-10-5-2-3-6(8)7(9)4-5/h4-10H,1-3H3,(H,22,23)(H,24,28)(H2,25,26,27,29);1-2H;3-5H,1-2H3,(H,10,11);4-6H,1-3H3;2-4H,1H3,(H3,9,10,11);2-4H,8-9H2,1H3. The highest BCUT2D eigenvalue weighted by Crippen LogP contribution is 2.24. The maximum Gasteiger partial charge on any atom is 0.283 e. The number of ether oxygens (including phenoxy) is 4. The van der Waals surface area contributed by atoms with Crippen LogP contribution >= 0.6 is 23.2 Å². The highest BCUT2D eigenvalue weighted by atomic mass is 35.5. The van der Waals surface area contributed by atoms with E-state index in [1.54, 1.807) is 64.8 Å². The van der Waals surface area contributed by atoms with Gasteiger partial charge in [-0.1, -0.05) is 41.5 Å². The van der Waals surface area contributed by atoms with Gasteiger partial charge in [-0.3, -0.25) is 42.9 Å². The van der Waals surface area contributed by atoms with Gasteiger partial charge in [0.05, 0.1) is 79.2 Å². The van der Waals surface area contributed by atoms with Crippen LogP contribution in [0.25, 0.3) is 44.1 Å². The zero-order chi connectivity index (χ0) is 67.4. The number of benzene rings is 6. The largest absolute Gasteiger partial charge is 0.497 e. The molecule has 0 aliphatic heterocycles. The number of aromatic amines is 4. The van der Waals surface area contributed by atoms with Crippen LogP contribution < -0.4 is 57.9 Å². The molecule has 0 saturated carbocycles. The molecule has 0 fully saturated rings. The number of H-pyrrole nitrogens is 4. The van der Waals surface area contributed by atoms with Gasteiger partial charge in [0.1, 0.15) is 58.2 Å². The monoisotopic (exact) mass is 1300 g/mol. The number of amides is 2. The first-order valence-electron chi connectivity index (χ1n) is 27.8. The Morgan fingerprint density at radius 3 is 1.47 bits per heavy atom. The van der Waals surface area contributed by atoms with Crippen molar-refractivity contribution < 1.29 is 38.1 Å². The third-order valence-corrected chi connectivity index (χ3v) is 14.2. The minimum Gasteiger partial charge on any atom is -0.497 e. The second kappa shape index (κ2) is 29.6. The van der Waals surface area contributed by atoms with Gasteiger partial charge in [0.2, 0.25) is 5.95 Å². The van der Waals surface area contributed by atoms with Crippen molar-refractivity contribution in [2.75, 3.05) is 56.3 Å². The number of fused-ring (bicyclic) bond motifs is 5. The predicted octanol–water partition coefficient (Wildman–Crippen LogP) is 9.82. The maximum absolute atomic E-state index is 12.7. The molecule has 7 heterocycles. The Bertz CT molecular complexity index is 4850. The highest BCUT2D eigenvalue weighted by molar-refractivity contribution is 6.68. The van der Waals surface area contributed by atoms with E-state index in [2.05, 4.69) is 99.4 Å². The molecule has 478 valence electrons. The third-order valence-electron chi connectivity index (χ3n) is 13.9. The number of nitrogens with one attached hydrogen (secondary N) is 6. The van der Waals surface area contributed by atoms with E-state index in [0.29, 0.717) is 39.8 Å². The molecule has 0 bridgehead atoms. The Balaban J connectivity index is 0.000000153. The molecular formula is C64H63Cl2N17O10. The number of rotatable bonds is 10. The molecule has 13 rings (SSSR count). The van der Waals surface area contributed by atoms with Crippen LogP contribution in [-0.2, 0) is 0 Å². The smallest absolute Gasteiger partial charge is 0.283 e. The summed E-state index contributed by atoms with van der Waals surface area (Å²) >= 11 is 10.6. The van der Waals surface area contributed by atoms with Crippen molar-refractivity contribution in [3.05, 3.63) is 205 Å². The van der Waals surface area contributed by atoms with Crippen molar-refractivity contribution in [1.82, 2.24) is 58.6 Å². The number of nitrogens with zero attached hydrogens (tertiary/aromatic N) is 8. The van der Waals surface area contributed by atoms with Crippen molar-refractivity contribution in [3.63, 3.8) is 0 Å². The Morgan fingerprint density at radius 2 is 0.968 bits per heavy atom. The molecule has 0 atom stereocenters. The summed E-state index contributed by atoms with van der Waals surface area (Å²) in [5.74, 6) is 3.63. The van der Waals surface area contributed by atoms with Crippen molar-refractivity contribution >= 4 is 119 Å². The molecule has 0 aliphatic carbocycles. The molecule has 12 N–H and O–H groups in total. The maximum atomic E-state index is 12.7. The fourth-order valence-electron chi connectivity index (χ4n) is 9.00. The molecule has 0 aliphatic rings. The van der Waals surface area contributed by atoms with Gasteiger partial charge in [0, 0.05) is 30.0 Å². The lowest BCUT2D eigenvalue weighted by atomic mass is 10.1. The van der Waals surface area contributed by atoms with E-state index in [1.165, 1.54) is 23.0 Å². The van der Waals surface area contributed by atoms with Gasteiger partial charge >= 0.3 is 0 Å². The SMILES string of the molecule is COc1ccc(N)c(N)c1.COc1ccc2nc(C)[nH]c2c1.COc1ccc2nc(N)[nH]c2c1.COc1ccc2nc(NC(=O)c3[nH]cnc3C(=O)Nc3ccc(C)cc3C)[nH]c2c1.Cc1ccc(C)c(C)c1.O=C(Cl)c1ncn2c(=O)c3c(C(=O)Cl)ncn3c(=O)c12. The minimum absolute atomic E-state index is 0.00902. The summed E-state index contributed by atoms with van der Waals surface area (Å²) in [4.78, 5) is 108. The van der Waals surface area contributed by atoms with Crippen LogP contribution in [0.15, 0.2) is 138 Å². The quantitative estimate of drug-likeness (QED) is 0.0454. The normalized spacial score (nSPS) is 10.5. The van der Waals surface area contributed by atoms with E-state index in [-0.39, 0.29) is 39.8 Å². The predicted molar refractivity (Wildman–Crippen MR) is 358 cm³/mol. The number of carbonyl (C=O) groups is 4. The molecule has 27 nitrogen and oxygen atoms in total. The minimum atomic E-state index is -0.975. The van der Waals surface area contributed by atoms with Crippen LogP contribution in [0.5, 0.6) is 23.0 Å². The Hall–Kier alpha value is -11.8. The second-order valence-electron chi connectivity index (χ2n) is 20.4. The summed E-state index contributed by atoms with van der Waals surface area (Å²) < 4.78 is 21.9. The zero-order valence-electron chi connectivity index (χ0n) is 51.8. The van der Waals surface area contributed by atoms with Crippen LogP contribution in [0.4, 0.5) is 29.0 Å². The molecular weight excluding hydrogens is 1240 g/mol. The number of carbonyl (C=O) groups excluding carboxylic acids is 4. The van der Waals surface area contributed by atoms with E-state index in [4.69, 9.17) is 59.4 Å². The van der Waals surface area contributed by atoms with Crippen LogP contribution in [0.2, 0.25) is 0 Å². The highest BCUT2D eigenvalue weighted by Gasteiger charge is 2.24. The number of hydrogen-bond donors (Lipinski definition) is 9. The lowest BCUT2D eigenvalue weighted by molar-refractivity contribution is 0.0985. The Labute approximate surface area is 539 Å². The number of methoxy groups -OCH3 is 4. The Morgan fingerprint density at radius 1 is 0.484 bits per heavy atom. The Kier molecular flexibility index (Phi) is 21.4. The van der Waals surface area contributed by atoms with Gasteiger partial charge in [-0.15, -0.1) is 0 Å². The van der Waals surface area contributed by atoms with E-state index in [0.717, 1.165) is 77.7 Å². The fourth-order valence-corrected chi connectivity index (χ4v) is 9.28. The van der Waals surface area contributed by atoms with Crippen molar-refractivity contribution in [3.8, 4) is 23.0 Å². The molecule has 6 aromatic carbocycles. The average molecular weight is 1300 g/mol. The number of aryl methyl sites for hydroxylation is 6. The molecule has 2 amide bonds. The first kappa shape index (κ1) is 67.1. The van der Waals surface area contributed by atoms with Crippen LogP contribution in [0.1, 0.15) is 75.6 Å². The number of aromatic nitrogens is 12. The zero-order valence-corrected chi connectivity index (χ0v) is 53.3. The summed E-state index contributed by atoms with van der Waals surface area (Å²) in [6.45, 7) is 12.2. The molecule has 13 aromatic rings. The topological polar surface area (TPSA) is 391 Å². The van der Waals surface area contributed by atoms with Crippen LogP contribution in [0.3, 0.4) is 0 Å². The molecule has 93 heavy (non-hydrogen) atoms. The third kappa shape index (κ3) is 16.1. The summed E-state index contributed by atoms with van der Waals surface area (Å²) in [7, 11) is 6.44. The molecule has 0 unspecified atom stereocenters. The fraction of sp³-hybridized carbons (Fsp3) is 0.156. The summed E-state index contributed by atoms with van der Waals surface area (Å²) in [5.41, 5.74) is 26.7. The number of nitrogen functional groups attached to an aromatic ring is 3. The number of hydrogen-bond acceptors (Lipinski definition) is 19. The van der Waals surface area contributed by atoms with Gasteiger partial charge in [-0.25, -0.2) is 29.9 Å². The number of nitrogens with two attached hydrogens (primary N) is 3. The lowest BCUT2D eigenvalue weighted by Gasteiger charge is -2.09. The van der Waals surface area contributed by atoms with E-state index >= 15 is 0 Å². The average Bonchev–Trinajstić information content (AvgIpc) is 1.61. The molecule has 0 radical (unpaired) electrons.